The molecule has 0 heterocycles. The van der Waals surface area contributed by atoms with E-state index in [-0.39, 0.29) is 0 Å². The maximum atomic E-state index is 4.96. The van der Waals surface area contributed by atoms with Crippen LogP contribution in [0.25, 0.3) is 6.08 Å². The van der Waals surface area contributed by atoms with Crippen LogP contribution in [-0.2, 0) is 20.5 Å². The summed E-state index contributed by atoms with van der Waals surface area (Å²) in [6.07, 6.45) is 5.53. The first-order chi connectivity index (χ1) is 6.83. The van der Waals surface area contributed by atoms with E-state index in [1.165, 1.54) is 17.0 Å². The first-order valence-electron chi connectivity index (χ1n) is 4.43. The van der Waals surface area contributed by atoms with Gasteiger partial charge in [-0.15, -0.1) is 0 Å². The van der Waals surface area contributed by atoms with E-state index in [0.29, 0.717) is 0 Å². The zero-order chi connectivity index (χ0) is 10.4. The number of benzene rings is 1. The molecule has 2 rings (SSSR count). The number of allylic oxidation sites excluding steroid dienone is 1. The summed E-state index contributed by atoms with van der Waals surface area (Å²) in [5.74, 6) is 1.46. The second kappa shape index (κ2) is 6.81. The molecule has 0 saturated carbocycles. The summed E-state index contributed by atoms with van der Waals surface area (Å²) in [5.41, 5.74) is 2.78. The molecule has 0 amide bonds. The van der Waals surface area contributed by atoms with Gasteiger partial charge in [-0.1, -0.05) is 43.3 Å². The molecule has 73 valence electrons. The van der Waals surface area contributed by atoms with Gasteiger partial charge in [0.1, 0.15) is 0 Å². The Balaban J connectivity index is 0.000000293. The van der Waals surface area contributed by atoms with Crippen molar-refractivity contribution in [1.29, 1.82) is 0 Å². The Bertz CT molecular complexity index is 310. The van der Waals surface area contributed by atoms with Crippen molar-refractivity contribution in [2.45, 2.75) is 13.3 Å². The Labute approximate surface area is 104 Å². The SMILES string of the molecule is CC[C]1C=Cc2ccccc21.[Cl][Hf][Cl]. The van der Waals surface area contributed by atoms with Crippen LogP contribution in [0.3, 0.4) is 0 Å². The predicted molar refractivity (Wildman–Crippen MR) is 59.8 cm³/mol. The van der Waals surface area contributed by atoms with Crippen LogP contribution in [0.4, 0.5) is 0 Å². The molecule has 0 nitrogen and oxygen atoms in total. The van der Waals surface area contributed by atoms with Gasteiger partial charge in [0.25, 0.3) is 0 Å². The van der Waals surface area contributed by atoms with Crippen LogP contribution in [-0.4, -0.2) is 0 Å². The first kappa shape index (κ1) is 12.5. The zero-order valence-corrected chi connectivity index (χ0v) is 13.0. The Hall–Kier alpha value is 0.410. The minimum atomic E-state index is -0.972. The zero-order valence-electron chi connectivity index (χ0n) is 7.93. The summed E-state index contributed by atoms with van der Waals surface area (Å²) in [6.45, 7) is 2.20. The van der Waals surface area contributed by atoms with Crippen molar-refractivity contribution in [2.24, 2.45) is 0 Å². The molecule has 1 aromatic rings. The van der Waals surface area contributed by atoms with Crippen LogP contribution in [0.5, 0.6) is 0 Å². The normalized spacial score (nSPS) is 13.1. The van der Waals surface area contributed by atoms with Gasteiger partial charge in [0.05, 0.1) is 0 Å². The van der Waals surface area contributed by atoms with Crippen molar-refractivity contribution in [3.8, 4) is 0 Å². The summed E-state index contributed by atoms with van der Waals surface area (Å²) in [4.78, 5) is 0. The molecule has 0 unspecified atom stereocenters. The molecule has 1 aliphatic rings. The topological polar surface area (TPSA) is 0 Å². The molecule has 0 bridgehead atoms. The van der Waals surface area contributed by atoms with Crippen molar-refractivity contribution in [1.82, 2.24) is 0 Å². The number of halogens is 2. The first-order valence-corrected chi connectivity index (χ1v) is 13.3. The van der Waals surface area contributed by atoms with Gasteiger partial charge in [-0.25, -0.2) is 0 Å². The third-order valence-electron chi connectivity index (χ3n) is 2.15. The summed E-state index contributed by atoms with van der Waals surface area (Å²) in [5, 5.41) is 0. The molecule has 0 spiro atoms. The van der Waals surface area contributed by atoms with Crippen LogP contribution in [0, 0.1) is 5.92 Å². The fourth-order valence-corrected chi connectivity index (χ4v) is 1.52. The van der Waals surface area contributed by atoms with E-state index in [4.69, 9.17) is 17.2 Å². The van der Waals surface area contributed by atoms with Gasteiger partial charge in [-0.05, 0) is 17.5 Å². The number of rotatable bonds is 1. The van der Waals surface area contributed by atoms with Crippen molar-refractivity contribution >= 4 is 23.2 Å². The van der Waals surface area contributed by atoms with E-state index in [9.17, 15) is 0 Å². The molecule has 0 saturated heterocycles. The molecular formula is C11H11Cl2Hf. The minimum absolute atomic E-state index is 0.972. The molecule has 1 radical (unpaired) electrons. The third-order valence-corrected chi connectivity index (χ3v) is 2.15. The molecule has 1 aromatic carbocycles. The maximum absolute atomic E-state index is 4.96. The molecule has 0 aromatic heterocycles. The van der Waals surface area contributed by atoms with Crippen LogP contribution in [0.2, 0.25) is 0 Å². The summed E-state index contributed by atoms with van der Waals surface area (Å²) in [7, 11) is 9.92. The van der Waals surface area contributed by atoms with Crippen LogP contribution in [0.15, 0.2) is 30.3 Å². The quantitative estimate of drug-likeness (QED) is 0.621. The number of hydrogen-bond acceptors (Lipinski definition) is 0. The molecule has 14 heavy (non-hydrogen) atoms. The van der Waals surface area contributed by atoms with Gasteiger partial charge >= 0.3 is 37.7 Å². The fourth-order valence-electron chi connectivity index (χ4n) is 1.52. The van der Waals surface area contributed by atoms with Crippen molar-refractivity contribution in [2.75, 3.05) is 0 Å². The molecule has 3 heteroatoms. The van der Waals surface area contributed by atoms with Gasteiger partial charge in [-0.2, -0.15) is 0 Å². The van der Waals surface area contributed by atoms with Crippen LogP contribution in [0.1, 0.15) is 24.5 Å². The Morgan fingerprint density at radius 2 is 1.79 bits per heavy atom. The standard InChI is InChI=1S/C11H11.2ClH.Hf/c1-2-9-7-8-10-5-3-4-6-11(9)10;;;/h3-8H,2H2,1H3;2*1H;/q;;;+2/p-2. The Morgan fingerprint density at radius 1 is 1.14 bits per heavy atom. The molecular weight excluding hydrogens is 382 g/mol. The van der Waals surface area contributed by atoms with E-state index in [1.807, 2.05) is 0 Å². The molecule has 0 N–H and O–H groups in total. The van der Waals surface area contributed by atoms with E-state index >= 15 is 0 Å². The average molecular weight is 393 g/mol. The fraction of sp³-hybridized carbons (Fsp3) is 0.182. The molecule has 0 atom stereocenters. The third kappa shape index (κ3) is 3.22. The van der Waals surface area contributed by atoms with E-state index in [0.717, 1.165) is 6.42 Å². The van der Waals surface area contributed by atoms with E-state index in [2.05, 4.69) is 43.3 Å². The molecule has 0 aliphatic heterocycles. The average Bonchev–Trinajstić information content (AvgIpc) is 2.62. The second-order valence-corrected chi connectivity index (χ2v) is 8.06. The van der Waals surface area contributed by atoms with E-state index < -0.39 is 20.5 Å². The molecule has 1 aliphatic carbocycles. The number of fused-ring (bicyclic) bond motifs is 1. The Morgan fingerprint density at radius 3 is 2.43 bits per heavy atom. The van der Waals surface area contributed by atoms with Gasteiger partial charge in [0.2, 0.25) is 0 Å². The monoisotopic (exact) mass is 393 g/mol. The van der Waals surface area contributed by atoms with Crippen molar-refractivity contribution in [3.63, 3.8) is 0 Å². The van der Waals surface area contributed by atoms with Crippen LogP contribution < -0.4 is 0 Å². The summed E-state index contributed by atoms with van der Waals surface area (Å²) in [6, 6.07) is 8.53. The number of hydrogen-bond donors (Lipinski definition) is 0. The summed E-state index contributed by atoms with van der Waals surface area (Å²) < 4.78 is 0. The van der Waals surface area contributed by atoms with Crippen molar-refractivity contribution in [3.05, 3.63) is 47.4 Å². The van der Waals surface area contributed by atoms with E-state index in [1.54, 1.807) is 0 Å². The molecule has 0 fully saturated rings. The van der Waals surface area contributed by atoms with Gasteiger partial charge in [0, 0.05) is 5.92 Å². The van der Waals surface area contributed by atoms with Gasteiger partial charge in [0.15, 0.2) is 0 Å². The Kier molecular flexibility index (Phi) is 6.07. The summed E-state index contributed by atoms with van der Waals surface area (Å²) >= 11 is -0.972. The van der Waals surface area contributed by atoms with Crippen LogP contribution >= 0.6 is 17.2 Å². The predicted octanol–water partition coefficient (Wildman–Crippen LogP) is 4.42. The van der Waals surface area contributed by atoms with Gasteiger partial charge in [-0.3, -0.25) is 0 Å². The second-order valence-electron chi connectivity index (χ2n) is 2.87. The van der Waals surface area contributed by atoms with Gasteiger partial charge < -0.3 is 0 Å². The van der Waals surface area contributed by atoms with Crippen molar-refractivity contribution < 1.29 is 20.5 Å².